The maximum atomic E-state index is 12.9. The van der Waals surface area contributed by atoms with Crippen LogP contribution in [0, 0.1) is 11.8 Å². The summed E-state index contributed by atoms with van der Waals surface area (Å²) in [5, 5.41) is 0. The van der Waals surface area contributed by atoms with Gasteiger partial charge in [0.2, 0.25) is 12.7 Å². The van der Waals surface area contributed by atoms with Crippen molar-refractivity contribution in [3.63, 3.8) is 0 Å². The summed E-state index contributed by atoms with van der Waals surface area (Å²) in [6.45, 7) is 7.77. The summed E-state index contributed by atoms with van der Waals surface area (Å²) in [7, 11) is 0. The van der Waals surface area contributed by atoms with E-state index in [1.54, 1.807) is 0 Å². The highest BCUT2D eigenvalue weighted by molar-refractivity contribution is 5.78. The zero-order valence-corrected chi connectivity index (χ0v) is 17.4. The van der Waals surface area contributed by atoms with E-state index in [2.05, 4.69) is 26.8 Å². The molecule has 1 aliphatic carbocycles. The van der Waals surface area contributed by atoms with Crippen molar-refractivity contribution in [3.8, 4) is 11.5 Å². The number of rotatable bonds is 4. The third-order valence-corrected chi connectivity index (χ3v) is 7.31. The van der Waals surface area contributed by atoms with Crippen molar-refractivity contribution in [2.75, 3.05) is 52.6 Å². The molecule has 2 saturated heterocycles. The second kappa shape index (κ2) is 8.52. The smallest absolute Gasteiger partial charge is 0.236 e. The molecule has 0 aromatic heterocycles. The van der Waals surface area contributed by atoms with Gasteiger partial charge < -0.3 is 14.4 Å². The third kappa shape index (κ3) is 4.38. The van der Waals surface area contributed by atoms with E-state index in [-0.39, 0.29) is 0 Å². The molecule has 6 heteroatoms. The van der Waals surface area contributed by atoms with Crippen LogP contribution in [0.25, 0.3) is 0 Å². The van der Waals surface area contributed by atoms with Gasteiger partial charge in [-0.3, -0.25) is 14.6 Å². The first kappa shape index (κ1) is 19.2. The topological polar surface area (TPSA) is 45.3 Å². The Morgan fingerprint density at radius 3 is 2.52 bits per heavy atom. The average molecular weight is 400 g/mol. The van der Waals surface area contributed by atoms with Crippen molar-refractivity contribution in [2.24, 2.45) is 11.8 Å². The Bertz CT molecular complexity index is 732. The van der Waals surface area contributed by atoms with Gasteiger partial charge in [0.25, 0.3) is 0 Å². The number of amides is 1. The van der Waals surface area contributed by atoms with Crippen LogP contribution in [0.4, 0.5) is 0 Å². The normalized spacial score (nSPS) is 27.7. The molecule has 0 radical (unpaired) electrons. The fraction of sp³-hybridized carbons (Fsp3) is 0.696. The van der Waals surface area contributed by atoms with Gasteiger partial charge in [0.1, 0.15) is 0 Å². The first-order valence-electron chi connectivity index (χ1n) is 11.4. The Balaban J connectivity index is 1.07. The van der Waals surface area contributed by atoms with Gasteiger partial charge >= 0.3 is 0 Å². The highest BCUT2D eigenvalue weighted by Gasteiger charge is 2.33. The van der Waals surface area contributed by atoms with Crippen molar-refractivity contribution >= 4 is 5.91 Å². The van der Waals surface area contributed by atoms with Gasteiger partial charge in [0, 0.05) is 45.8 Å². The molecular formula is C23H33N3O3. The van der Waals surface area contributed by atoms with Gasteiger partial charge in [0.15, 0.2) is 11.5 Å². The summed E-state index contributed by atoms with van der Waals surface area (Å²) in [5.41, 5.74) is 1.26. The molecule has 0 spiro atoms. The molecule has 3 heterocycles. The number of nitrogens with zero attached hydrogens (tertiary/aromatic N) is 3. The van der Waals surface area contributed by atoms with E-state index < -0.39 is 0 Å². The molecule has 0 unspecified atom stereocenters. The van der Waals surface area contributed by atoms with Crippen LogP contribution >= 0.6 is 0 Å². The maximum absolute atomic E-state index is 12.9. The van der Waals surface area contributed by atoms with Crippen LogP contribution in [0.5, 0.6) is 11.5 Å². The van der Waals surface area contributed by atoms with E-state index in [9.17, 15) is 4.79 Å². The molecular weight excluding hydrogens is 366 g/mol. The Morgan fingerprint density at radius 1 is 0.897 bits per heavy atom. The van der Waals surface area contributed by atoms with E-state index in [1.807, 2.05) is 6.07 Å². The summed E-state index contributed by atoms with van der Waals surface area (Å²) in [5.74, 6) is 3.69. The number of likely N-dealkylation sites (tertiary alicyclic amines) is 1. The zero-order chi connectivity index (χ0) is 19.6. The summed E-state index contributed by atoms with van der Waals surface area (Å²) in [4.78, 5) is 19.8. The number of hydrogen-bond acceptors (Lipinski definition) is 5. The van der Waals surface area contributed by atoms with Gasteiger partial charge in [-0.05, 0) is 42.4 Å². The van der Waals surface area contributed by atoms with Crippen LogP contribution in [0.1, 0.15) is 37.7 Å². The number of carbonyl (C=O) groups is 1. The van der Waals surface area contributed by atoms with Crippen molar-refractivity contribution in [1.82, 2.24) is 14.7 Å². The molecule has 5 rings (SSSR count). The number of hydrogen-bond donors (Lipinski definition) is 0. The minimum absolute atomic E-state index is 0.323. The number of benzene rings is 1. The average Bonchev–Trinajstić information content (AvgIpc) is 3.23. The van der Waals surface area contributed by atoms with Crippen LogP contribution < -0.4 is 9.47 Å². The molecule has 3 aliphatic heterocycles. The molecule has 29 heavy (non-hydrogen) atoms. The number of ether oxygens (including phenoxy) is 2. The van der Waals surface area contributed by atoms with E-state index in [0.29, 0.717) is 19.2 Å². The number of fused-ring (bicyclic) bond motifs is 2. The minimum Gasteiger partial charge on any atom is -0.454 e. The molecule has 0 N–H and O–H groups in total. The van der Waals surface area contributed by atoms with Crippen molar-refractivity contribution < 1.29 is 14.3 Å². The number of piperazine rings is 1. The minimum atomic E-state index is 0.323. The number of piperidine rings is 1. The fourth-order valence-electron chi connectivity index (χ4n) is 5.52. The van der Waals surface area contributed by atoms with E-state index in [0.717, 1.165) is 69.1 Å². The first-order valence-corrected chi connectivity index (χ1v) is 11.4. The van der Waals surface area contributed by atoms with Gasteiger partial charge in [0.05, 0.1) is 6.54 Å². The second-order valence-electron chi connectivity index (χ2n) is 9.17. The van der Waals surface area contributed by atoms with Crippen molar-refractivity contribution in [1.29, 1.82) is 0 Å². The maximum Gasteiger partial charge on any atom is 0.236 e. The molecule has 6 nitrogen and oxygen atoms in total. The summed E-state index contributed by atoms with van der Waals surface area (Å²) < 4.78 is 10.9. The highest BCUT2D eigenvalue weighted by Crippen LogP contribution is 2.36. The molecule has 2 atom stereocenters. The fourth-order valence-corrected chi connectivity index (χ4v) is 5.52. The number of carbonyl (C=O) groups excluding carboxylic acids is 1. The summed E-state index contributed by atoms with van der Waals surface area (Å²) >= 11 is 0. The lowest BCUT2D eigenvalue weighted by Gasteiger charge is -2.42. The van der Waals surface area contributed by atoms with Crippen LogP contribution in [-0.4, -0.2) is 73.2 Å². The van der Waals surface area contributed by atoms with Gasteiger partial charge in [-0.2, -0.15) is 0 Å². The lowest BCUT2D eigenvalue weighted by Crippen LogP contribution is -2.52. The predicted molar refractivity (Wildman–Crippen MR) is 111 cm³/mol. The molecule has 1 saturated carbocycles. The lowest BCUT2D eigenvalue weighted by molar-refractivity contribution is -0.136. The van der Waals surface area contributed by atoms with Crippen molar-refractivity contribution in [3.05, 3.63) is 23.8 Å². The SMILES string of the molecule is O=C(CN1CCN(Cc2ccc3c(c2)OCO3)CC1)N1CC[C@H]2CCCC[C@@H]2C1. The van der Waals surface area contributed by atoms with E-state index in [4.69, 9.17) is 9.47 Å². The molecule has 1 aromatic carbocycles. The monoisotopic (exact) mass is 399 g/mol. The quantitative estimate of drug-likeness (QED) is 0.779. The van der Waals surface area contributed by atoms with Crippen LogP contribution in [-0.2, 0) is 11.3 Å². The van der Waals surface area contributed by atoms with E-state index in [1.165, 1.54) is 37.7 Å². The van der Waals surface area contributed by atoms with Gasteiger partial charge in [-0.1, -0.05) is 25.3 Å². The standard InChI is InChI=1S/C23H33N3O3/c27-23(26-8-7-19-3-1-2-4-20(19)15-26)16-25-11-9-24(10-12-25)14-18-5-6-21-22(13-18)29-17-28-21/h5-6,13,19-20H,1-4,7-12,14-17H2/t19-,20-/m1/s1. The largest absolute Gasteiger partial charge is 0.454 e. The molecule has 1 aromatic rings. The third-order valence-electron chi connectivity index (χ3n) is 7.31. The van der Waals surface area contributed by atoms with E-state index >= 15 is 0 Å². The Labute approximate surface area is 173 Å². The van der Waals surface area contributed by atoms with Crippen LogP contribution in [0.15, 0.2) is 18.2 Å². The van der Waals surface area contributed by atoms with Crippen LogP contribution in [0.2, 0.25) is 0 Å². The second-order valence-corrected chi connectivity index (χ2v) is 9.17. The van der Waals surface area contributed by atoms with Gasteiger partial charge in [-0.15, -0.1) is 0 Å². The predicted octanol–water partition coefficient (Wildman–Crippen LogP) is 2.57. The van der Waals surface area contributed by atoms with Gasteiger partial charge in [-0.25, -0.2) is 0 Å². The van der Waals surface area contributed by atoms with Crippen LogP contribution in [0.3, 0.4) is 0 Å². The lowest BCUT2D eigenvalue weighted by atomic mass is 9.75. The Morgan fingerprint density at radius 2 is 1.66 bits per heavy atom. The highest BCUT2D eigenvalue weighted by atomic mass is 16.7. The summed E-state index contributed by atoms with van der Waals surface area (Å²) in [6, 6.07) is 6.22. The Kier molecular flexibility index (Phi) is 5.64. The zero-order valence-electron chi connectivity index (χ0n) is 17.4. The Hall–Kier alpha value is -1.79. The first-order chi connectivity index (χ1) is 14.2. The molecule has 3 fully saturated rings. The molecule has 1 amide bonds. The molecule has 4 aliphatic rings. The van der Waals surface area contributed by atoms with Crippen molar-refractivity contribution in [2.45, 2.75) is 38.6 Å². The summed E-state index contributed by atoms with van der Waals surface area (Å²) in [6.07, 6.45) is 6.69. The molecule has 0 bridgehead atoms. The molecule has 158 valence electrons.